The van der Waals surface area contributed by atoms with E-state index in [0.29, 0.717) is 16.9 Å². The summed E-state index contributed by atoms with van der Waals surface area (Å²) in [5.41, 5.74) is 1.49. The van der Waals surface area contributed by atoms with Crippen LogP contribution in [0.4, 0.5) is 0 Å². The minimum absolute atomic E-state index is 0.0889. The van der Waals surface area contributed by atoms with Crippen molar-refractivity contribution in [2.75, 3.05) is 5.75 Å². The van der Waals surface area contributed by atoms with Gasteiger partial charge in [0.1, 0.15) is 23.2 Å². The summed E-state index contributed by atoms with van der Waals surface area (Å²) in [5, 5.41) is 17.0. The highest BCUT2D eigenvalue weighted by molar-refractivity contribution is 8.00. The highest BCUT2D eigenvalue weighted by Crippen LogP contribution is 2.26. The number of benzene rings is 1. The summed E-state index contributed by atoms with van der Waals surface area (Å²) in [7, 11) is 0. The van der Waals surface area contributed by atoms with Crippen molar-refractivity contribution < 1.29 is 19.5 Å². The number of hydrogen-bond donors (Lipinski definition) is 4. The molecule has 7 nitrogen and oxygen atoms in total. The van der Waals surface area contributed by atoms with Gasteiger partial charge in [0.05, 0.1) is 0 Å². The Balaban J connectivity index is 1.75. The number of aliphatic carboxylic acids is 1. The van der Waals surface area contributed by atoms with Crippen LogP contribution in [0.2, 0.25) is 0 Å². The first-order chi connectivity index (χ1) is 11.5. The average molecular weight is 347 g/mol. The van der Waals surface area contributed by atoms with Gasteiger partial charge in [-0.3, -0.25) is 9.59 Å². The molecule has 0 bridgehead atoms. The smallest absolute Gasteiger partial charge is 0.351 e. The molecular weight excluding hydrogens is 330 g/mol. The first kappa shape index (κ1) is 16.4. The lowest BCUT2D eigenvalue weighted by Gasteiger charge is -2.36. The van der Waals surface area contributed by atoms with E-state index in [4.69, 9.17) is 0 Å². The van der Waals surface area contributed by atoms with Gasteiger partial charge in [-0.2, -0.15) is 0 Å². The van der Waals surface area contributed by atoms with Crippen molar-refractivity contribution >= 4 is 29.5 Å². The molecule has 4 N–H and O–H groups in total. The molecule has 3 rings (SSSR count). The van der Waals surface area contributed by atoms with Gasteiger partial charge in [0, 0.05) is 5.75 Å². The van der Waals surface area contributed by atoms with Crippen LogP contribution < -0.4 is 16.0 Å². The maximum Gasteiger partial charge on any atom is 0.351 e. The fraction of sp³-hybridized carbons (Fsp3) is 0.312. The van der Waals surface area contributed by atoms with Crippen LogP contribution in [0, 0.1) is 0 Å². The van der Waals surface area contributed by atoms with Crippen LogP contribution in [0.1, 0.15) is 18.5 Å². The van der Waals surface area contributed by atoms with Crippen LogP contribution >= 0.6 is 11.8 Å². The fourth-order valence-electron chi connectivity index (χ4n) is 2.71. The second-order valence-corrected chi connectivity index (χ2v) is 6.80. The molecule has 1 aromatic carbocycles. The number of carboxylic acids is 1. The van der Waals surface area contributed by atoms with Crippen molar-refractivity contribution in [3.63, 3.8) is 0 Å². The summed E-state index contributed by atoms with van der Waals surface area (Å²) >= 11 is 1.39. The number of hydrogen-bond acceptors (Lipinski definition) is 5. The molecule has 2 heterocycles. The average Bonchev–Trinajstić information content (AvgIpc) is 2.57. The number of nitrogens with one attached hydrogen (secondary N) is 3. The second kappa shape index (κ2) is 6.56. The number of carbonyl (C=O) groups excluding carboxylic acids is 2. The number of carboxylic acid groups (broad SMARTS) is 1. The van der Waals surface area contributed by atoms with E-state index in [9.17, 15) is 19.5 Å². The van der Waals surface area contributed by atoms with Crippen molar-refractivity contribution in [3.05, 3.63) is 47.2 Å². The Bertz CT molecular complexity index is 719. The zero-order valence-electron chi connectivity index (χ0n) is 12.9. The number of carbonyl (C=O) groups is 3. The molecule has 1 saturated heterocycles. The minimum Gasteiger partial charge on any atom is -0.477 e. The van der Waals surface area contributed by atoms with Crippen molar-refractivity contribution in [3.8, 4) is 0 Å². The van der Waals surface area contributed by atoms with Crippen LogP contribution in [0.25, 0.3) is 0 Å². The number of amides is 2. The van der Waals surface area contributed by atoms with Crippen LogP contribution in [0.15, 0.2) is 41.6 Å². The second-order valence-electron chi connectivity index (χ2n) is 5.67. The summed E-state index contributed by atoms with van der Waals surface area (Å²) < 4.78 is 0. The van der Waals surface area contributed by atoms with Crippen molar-refractivity contribution in [2.45, 2.75) is 24.4 Å². The highest BCUT2D eigenvalue weighted by Gasteiger charge is 2.41. The van der Waals surface area contributed by atoms with E-state index >= 15 is 0 Å². The number of thioether (sulfide) groups is 1. The predicted octanol–water partition coefficient (Wildman–Crippen LogP) is 0.363. The Hall–Kier alpha value is -2.48. The summed E-state index contributed by atoms with van der Waals surface area (Å²) in [4.78, 5) is 36.1. The monoisotopic (exact) mass is 347 g/mol. The van der Waals surface area contributed by atoms with Gasteiger partial charge in [-0.15, -0.1) is 11.8 Å². The third kappa shape index (κ3) is 3.09. The van der Waals surface area contributed by atoms with Gasteiger partial charge in [-0.1, -0.05) is 30.3 Å². The normalized spacial score (nSPS) is 27.1. The van der Waals surface area contributed by atoms with Crippen LogP contribution in [-0.4, -0.2) is 40.1 Å². The SMILES string of the molecule is CC1=C(C(=O)O)N[C@H]([C@H]2NC(=O)[C@@H](c3ccccc3)NC2=O)SC1. The van der Waals surface area contributed by atoms with Crippen LogP contribution in [0.3, 0.4) is 0 Å². The van der Waals surface area contributed by atoms with E-state index in [1.807, 2.05) is 6.07 Å². The standard InChI is InChI=1S/C16H17N3O4S/c1-8-7-24-15(19-10(8)16(22)23)12-14(21)17-11(13(20)18-12)9-5-3-2-4-6-9/h2-6,11-12,15,19H,7H2,1H3,(H,17,21)(H,18,20)(H,22,23)/t11-,12+,15+/m1/s1. The summed E-state index contributed by atoms with van der Waals surface area (Å²) in [6, 6.07) is 7.41. The quantitative estimate of drug-likeness (QED) is 0.629. The largest absolute Gasteiger partial charge is 0.477 e. The Morgan fingerprint density at radius 2 is 1.83 bits per heavy atom. The number of rotatable bonds is 3. The molecule has 2 amide bonds. The summed E-state index contributed by atoms with van der Waals surface area (Å²) in [6.45, 7) is 1.73. The Morgan fingerprint density at radius 3 is 2.50 bits per heavy atom. The van der Waals surface area contributed by atoms with Gasteiger partial charge in [-0.25, -0.2) is 4.79 Å². The maximum absolute atomic E-state index is 12.4. The topological polar surface area (TPSA) is 108 Å². The lowest BCUT2D eigenvalue weighted by Crippen LogP contribution is -2.64. The Kier molecular flexibility index (Phi) is 4.48. The zero-order valence-corrected chi connectivity index (χ0v) is 13.7. The van der Waals surface area contributed by atoms with E-state index in [1.54, 1.807) is 31.2 Å². The minimum atomic E-state index is -1.07. The van der Waals surface area contributed by atoms with Gasteiger partial charge in [0.15, 0.2) is 0 Å². The molecule has 0 saturated carbocycles. The Labute approximate surface area is 142 Å². The zero-order chi connectivity index (χ0) is 17.3. The molecule has 0 spiro atoms. The van der Waals surface area contributed by atoms with Gasteiger partial charge in [0.2, 0.25) is 11.8 Å². The molecule has 3 atom stereocenters. The lowest BCUT2D eigenvalue weighted by atomic mass is 10.0. The highest BCUT2D eigenvalue weighted by atomic mass is 32.2. The van der Waals surface area contributed by atoms with Gasteiger partial charge >= 0.3 is 5.97 Å². The van der Waals surface area contributed by atoms with Crippen LogP contribution in [0.5, 0.6) is 0 Å². The first-order valence-electron chi connectivity index (χ1n) is 7.44. The van der Waals surface area contributed by atoms with E-state index in [0.717, 1.165) is 0 Å². The van der Waals surface area contributed by atoms with E-state index < -0.39 is 23.4 Å². The van der Waals surface area contributed by atoms with Crippen molar-refractivity contribution in [1.82, 2.24) is 16.0 Å². The fourth-order valence-corrected chi connectivity index (χ4v) is 3.87. The molecule has 126 valence electrons. The first-order valence-corrected chi connectivity index (χ1v) is 8.49. The van der Waals surface area contributed by atoms with E-state index in [2.05, 4.69) is 16.0 Å². The maximum atomic E-state index is 12.4. The molecule has 1 fully saturated rings. The molecule has 0 aromatic heterocycles. The molecule has 24 heavy (non-hydrogen) atoms. The number of piperazine rings is 1. The molecule has 0 unspecified atom stereocenters. The van der Waals surface area contributed by atoms with E-state index in [-0.39, 0.29) is 17.5 Å². The summed E-state index contributed by atoms with van der Waals surface area (Å²) in [6.07, 6.45) is 0. The molecule has 8 heteroatoms. The molecule has 0 radical (unpaired) electrons. The van der Waals surface area contributed by atoms with Gasteiger partial charge in [0.25, 0.3) is 0 Å². The predicted molar refractivity (Wildman–Crippen MR) is 89.0 cm³/mol. The molecule has 0 aliphatic carbocycles. The van der Waals surface area contributed by atoms with E-state index in [1.165, 1.54) is 11.8 Å². The van der Waals surface area contributed by atoms with Gasteiger partial charge < -0.3 is 21.1 Å². The van der Waals surface area contributed by atoms with Crippen LogP contribution in [-0.2, 0) is 14.4 Å². The Morgan fingerprint density at radius 1 is 1.12 bits per heavy atom. The van der Waals surface area contributed by atoms with Crippen molar-refractivity contribution in [2.24, 2.45) is 0 Å². The van der Waals surface area contributed by atoms with Crippen molar-refractivity contribution in [1.29, 1.82) is 0 Å². The molecule has 2 aliphatic heterocycles. The molecule has 1 aromatic rings. The molecule has 2 aliphatic rings. The summed E-state index contributed by atoms with van der Waals surface area (Å²) in [5.74, 6) is -1.22. The lowest BCUT2D eigenvalue weighted by molar-refractivity contribution is -0.137. The van der Waals surface area contributed by atoms with Gasteiger partial charge in [-0.05, 0) is 18.1 Å². The third-order valence-corrected chi connectivity index (χ3v) is 5.32. The third-order valence-electron chi connectivity index (χ3n) is 3.97. The molecular formula is C16H17N3O4S.